The van der Waals surface area contributed by atoms with Crippen molar-refractivity contribution in [1.29, 1.82) is 0 Å². The Bertz CT molecular complexity index is 554. The van der Waals surface area contributed by atoms with Crippen LogP contribution in [0.4, 0.5) is 0 Å². The molecule has 3 unspecified atom stereocenters. The van der Waals surface area contributed by atoms with Crippen molar-refractivity contribution in [2.45, 2.75) is 50.0 Å². The van der Waals surface area contributed by atoms with Crippen LogP contribution in [-0.2, 0) is 9.84 Å². The van der Waals surface area contributed by atoms with Crippen molar-refractivity contribution in [2.75, 3.05) is 6.26 Å². The molecule has 0 saturated heterocycles. The molecule has 4 nitrogen and oxygen atoms in total. The zero-order chi connectivity index (χ0) is 15.5. The molecule has 3 atom stereocenters. The van der Waals surface area contributed by atoms with E-state index in [-0.39, 0.29) is 6.04 Å². The van der Waals surface area contributed by atoms with Gasteiger partial charge in [-0.1, -0.05) is 38.3 Å². The fraction of sp³-hybridized carbons (Fsp3) is 0.625. The zero-order valence-corrected chi connectivity index (χ0v) is 13.7. The van der Waals surface area contributed by atoms with Crippen molar-refractivity contribution >= 4 is 9.84 Å². The highest BCUT2D eigenvalue weighted by Crippen LogP contribution is 2.38. The maximum absolute atomic E-state index is 11.5. The van der Waals surface area contributed by atoms with Crippen molar-refractivity contribution < 1.29 is 8.42 Å². The third kappa shape index (κ3) is 4.05. The Morgan fingerprint density at radius 1 is 1.29 bits per heavy atom. The average Bonchev–Trinajstić information content (AvgIpc) is 2.48. The SMILES string of the molecule is CCC1CCCC(C(NN)c2ccc(S(C)(=O)=O)cc2)C1. The molecule has 3 N–H and O–H groups in total. The van der Waals surface area contributed by atoms with Crippen molar-refractivity contribution in [2.24, 2.45) is 17.7 Å². The van der Waals surface area contributed by atoms with Crippen LogP contribution in [0.1, 0.15) is 50.6 Å². The van der Waals surface area contributed by atoms with E-state index >= 15 is 0 Å². The first-order chi connectivity index (χ1) is 9.95. The fourth-order valence-electron chi connectivity index (χ4n) is 3.43. The van der Waals surface area contributed by atoms with E-state index in [1.165, 1.54) is 38.4 Å². The van der Waals surface area contributed by atoms with Crippen LogP contribution >= 0.6 is 0 Å². The summed E-state index contributed by atoms with van der Waals surface area (Å²) in [5.74, 6) is 7.09. The molecule has 0 spiro atoms. The lowest BCUT2D eigenvalue weighted by molar-refractivity contribution is 0.210. The Hall–Kier alpha value is -0.910. The minimum absolute atomic E-state index is 0.105. The van der Waals surface area contributed by atoms with Gasteiger partial charge in [-0.05, 0) is 42.4 Å². The van der Waals surface area contributed by atoms with Gasteiger partial charge in [-0.15, -0.1) is 0 Å². The van der Waals surface area contributed by atoms with Gasteiger partial charge >= 0.3 is 0 Å². The summed E-state index contributed by atoms with van der Waals surface area (Å²) in [6.45, 7) is 2.25. The smallest absolute Gasteiger partial charge is 0.175 e. The van der Waals surface area contributed by atoms with Crippen molar-refractivity contribution in [3.63, 3.8) is 0 Å². The summed E-state index contributed by atoms with van der Waals surface area (Å²) in [5, 5.41) is 0. The molecule has 0 bridgehead atoms. The zero-order valence-electron chi connectivity index (χ0n) is 12.9. The molecule has 1 fully saturated rings. The van der Waals surface area contributed by atoms with Gasteiger partial charge in [0.05, 0.1) is 4.90 Å². The quantitative estimate of drug-likeness (QED) is 0.648. The van der Waals surface area contributed by atoms with Gasteiger partial charge in [0.25, 0.3) is 0 Å². The number of hydrogen-bond donors (Lipinski definition) is 2. The van der Waals surface area contributed by atoms with Crippen molar-refractivity contribution in [1.82, 2.24) is 5.43 Å². The molecule has 118 valence electrons. The third-order valence-electron chi connectivity index (χ3n) is 4.72. The molecule has 0 aromatic heterocycles. The van der Waals surface area contributed by atoms with Gasteiger partial charge in [-0.25, -0.2) is 8.42 Å². The van der Waals surface area contributed by atoms with Gasteiger partial charge in [0.2, 0.25) is 0 Å². The molecular formula is C16H26N2O2S. The molecule has 1 aromatic carbocycles. The lowest BCUT2D eigenvalue weighted by Gasteiger charge is -2.34. The van der Waals surface area contributed by atoms with Crippen LogP contribution in [0.2, 0.25) is 0 Å². The third-order valence-corrected chi connectivity index (χ3v) is 5.85. The van der Waals surface area contributed by atoms with Crippen LogP contribution in [0.3, 0.4) is 0 Å². The van der Waals surface area contributed by atoms with Gasteiger partial charge in [-0.3, -0.25) is 11.3 Å². The van der Waals surface area contributed by atoms with E-state index in [0.717, 1.165) is 11.5 Å². The minimum atomic E-state index is -3.14. The van der Waals surface area contributed by atoms with E-state index < -0.39 is 9.84 Å². The second-order valence-electron chi connectivity index (χ2n) is 6.19. The summed E-state index contributed by atoms with van der Waals surface area (Å²) in [7, 11) is -3.14. The normalized spacial score (nSPS) is 24.7. The molecule has 21 heavy (non-hydrogen) atoms. The molecule has 1 saturated carbocycles. The van der Waals surface area contributed by atoms with E-state index in [2.05, 4.69) is 12.3 Å². The molecule has 2 rings (SSSR count). The Labute approximate surface area is 128 Å². The van der Waals surface area contributed by atoms with E-state index in [4.69, 9.17) is 5.84 Å². The first kappa shape index (κ1) is 16.5. The highest BCUT2D eigenvalue weighted by Gasteiger charge is 2.28. The summed E-state index contributed by atoms with van der Waals surface area (Å²) in [5.41, 5.74) is 4.02. The Morgan fingerprint density at radius 2 is 1.95 bits per heavy atom. The van der Waals surface area contributed by atoms with Gasteiger partial charge < -0.3 is 0 Å². The first-order valence-electron chi connectivity index (χ1n) is 7.71. The lowest BCUT2D eigenvalue weighted by atomic mass is 9.75. The summed E-state index contributed by atoms with van der Waals surface area (Å²) >= 11 is 0. The average molecular weight is 310 g/mol. The Kier molecular flexibility index (Phi) is 5.41. The predicted molar refractivity (Wildman–Crippen MR) is 85.4 cm³/mol. The van der Waals surface area contributed by atoms with Gasteiger partial charge in [0.15, 0.2) is 9.84 Å². The molecule has 0 amide bonds. The number of rotatable bonds is 5. The van der Waals surface area contributed by atoms with Crippen LogP contribution in [0.5, 0.6) is 0 Å². The van der Waals surface area contributed by atoms with Gasteiger partial charge in [-0.2, -0.15) is 0 Å². The van der Waals surface area contributed by atoms with Crippen molar-refractivity contribution in [3.05, 3.63) is 29.8 Å². The monoisotopic (exact) mass is 310 g/mol. The fourth-order valence-corrected chi connectivity index (χ4v) is 4.06. The second kappa shape index (κ2) is 6.90. The molecule has 5 heteroatoms. The van der Waals surface area contributed by atoms with Crippen LogP contribution in [-0.4, -0.2) is 14.7 Å². The highest BCUT2D eigenvalue weighted by molar-refractivity contribution is 7.90. The second-order valence-corrected chi connectivity index (χ2v) is 8.20. The van der Waals surface area contributed by atoms with E-state index in [9.17, 15) is 8.42 Å². The first-order valence-corrected chi connectivity index (χ1v) is 9.61. The highest BCUT2D eigenvalue weighted by atomic mass is 32.2. The van der Waals surface area contributed by atoms with Gasteiger partial charge in [0.1, 0.15) is 0 Å². The largest absolute Gasteiger partial charge is 0.271 e. The summed E-state index contributed by atoms with van der Waals surface area (Å²) < 4.78 is 23.1. The molecule has 1 aliphatic carbocycles. The lowest BCUT2D eigenvalue weighted by Crippen LogP contribution is -2.35. The standard InChI is InChI=1S/C16H26N2O2S/c1-3-12-5-4-6-14(11-12)16(18-17)13-7-9-15(10-8-13)21(2,19)20/h7-10,12,14,16,18H,3-6,11,17H2,1-2H3. The summed E-state index contributed by atoms with van der Waals surface area (Å²) in [6, 6.07) is 7.23. The maximum Gasteiger partial charge on any atom is 0.175 e. The molecule has 1 aliphatic rings. The van der Waals surface area contributed by atoms with Crippen LogP contribution in [0, 0.1) is 11.8 Å². The molecule has 0 heterocycles. The number of sulfone groups is 1. The maximum atomic E-state index is 11.5. The number of hydrazine groups is 1. The summed E-state index contributed by atoms with van der Waals surface area (Å²) in [6.07, 6.45) is 7.40. The predicted octanol–water partition coefficient (Wildman–Crippen LogP) is 2.81. The van der Waals surface area contributed by atoms with Crippen molar-refractivity contribution in [3.8, 4) is 0 Å². The van der Waals surface area contributed by atoms with Crippen LogP contribution in [0.15, 0.2) is 29.2 Å². The minimum Gasteiger partial charge on any atom is -0.271 e. The summed E-state index contributed by atoms with van der Waals surface area (Å²) in [4.78, 5) is 0.358. The Morgan fingerprint density at radius 3 is 2.48 bits per heavy atom. The van der Waals surface area contributed by atoms with E-state index in [1.54, 1.807) is 12.1 Å². The number of nitrogens with two attached hydrogens (primary N) is 1. The molecule has 0 aliphatic heterocycles. The topological polar surface area (TPSA) is 72.2 Å². The Balaban J connectivity index is 2.17. The van der Waals surface area contributed by atoms with E-state index in [0.29, 0.717) is 10.8 Å². The molecule has 0 radical (unpaired) electrons. The molecule has 1 aromatic rings. The van der Waals surface area contributed by atoms with Crippen LogP contribution < -0.4 is 11.3 Å². The van der Waals surface area contributed by atoms with Crippen LogP contribution in [0.25, 0.3) is 0 Å². The van der Waals surface area contributed by atoms with Gasteiger partial charge in [0, 0.05) is 12.3 Å². The molecular weight excluding hydrogens is 284 g/mol. The number of nitrogens with one attached hydrogen (secondary N) is 1. The number of benzene rings is 1. The van der Waals surface area contributed by atoms with E-state index in [1.807, 2.05) is 12.1 Å². The number of hydrogen-bond acceptors (Lipinski definition) is 4.